The normalized spacial score (nSPS) is 22.2. The summed E-state index contributed by atoms with van der Waals surface area (Å²) in [5.74, 6) is 0.126. The van der Waals surface area contributed by atoms with Gasteiger partial charge >= 0.3 is 0 Å². The molecule has 3 aromatic rings. The van der Waals surface area contributed by atoms with Crippen LogP contribution in [-0.4, -0.2) is 10.9 Å². The van der Waals surface area contributed by atoms with E-state index >= 15 is 0 Å². The molecule has 2 aromatic carbocycles. The molecular weight excluding hydrogens is 308 g/mol. The maximum absolute atomic E-state index is 12.8. The highest BCUT2D eigenvalue weighted by molar-refractivity contribution is 6.31. The molecule has 114 valence electrons. The summed E-state index contributed by atoms with van der Waals surface area (Å²) in [6.45, 7) is 0. The van der Waals surface area contributed by atoms with Crippen molar-refractivity contribution in [3.8, 4) is 0 Å². The van der Waals surface area contributed by atoms with Gasteiger partial charge in [-0.3, -0.25) is 4.79 Å². The summed E-state index contributed by atoms with van der Waals surface area (Å²) in [5.41, 5.74) is 5.22. The molecule has 1 atom stereocenters. The lowest BCUT2D eigenvalue weighted by Gasteiger charge is -2.31. The van der Waals surface area contributed by atoms with Crippen molar-refractivity contribution in [1.29, 1.82) is 0 Å². The van der Waals surface area contributed by atoms with Crippen LogP contribution in [0.5, 0.6) is 0 Å². The molecular formula is C19H15ClN2O. The molecule has 0 saturated carbocycles. The summed E-state index contributed by atoms with van der Waals surface area (Å²) in [5, 5.41) is 4.94. The monoisotopic (exact) mass is 322 g/mol. The number of hydrogen-bond donors (Lipinski definition) is 2. The fourth-order valence-electron chi connectivity index (χ4n) is 4.22. The lowest BCUT2D eigenvalue weighted by Crippen LogP contribution is -2.39. The fraction of sp³-hybridized carbons (Fsp3) is 0.211. The molecule has 5 rings (SSSR count). The van der Waals surface area contributed by atoms with Gasteiger partial charge in [0.1, 0.15) is 0 Å². The number of halogens is 1. The van der Waals surface area contributed by atoms with Gasteiger partial charge in [0, 0.05) is 27.3 Å². The molecule has 2 N–H and O–H groups in total. The van der Waals surface area contributed by atoms with E-state index in [0.29, 0.717) is 0 Å². The van der Waals surface area contributed by atoms with Gasteiger partial charge in [-0.05, 0) is 54.7 Å². The molecule has 0 saturated heterocycles. The van der Waals surface area contributed by atoms with Crippen LogP contribution in [0, 0.1) is 0 Å². The highest BCUT2D eigenvalue weighted by Crippen LogP contribution is 2.47. The van der Waals surface area contributed by atoms with Gasteiger partial charge < -0.3 is 10.3 Å². The Labute approximate surface area is 138 Å². The number of H-pyrrole nitrogens is 1. The molecule has 1 amide bonds. The van der Waals surface area contributed by atoms with Crippen molar-refractivity contribution in [1.82, 2.24) is 4.98 Å². The van der Waals surface area contributed by atoms with Crippen LogP contribution in [0.3, 0.4) is 0 Å². The summed E-state index contributed by atoms with van der Waals surface area (Å²) in [6.07, 6.45) is 2.44. The first-order valence-corrected chi connectivity index (χ1v) is 8.25. The smallest absolute Gasteiger partial charge is 0.235 e. The third kappa shape index (κ3) is 1.68. The number of carbonyl (C=O) groups is 1. The second kappa shape index (κ2) is 4.39. The Morgan fingerprint density at radius 2 is 2.00 bits per heavy atom. The molecule has 1 aliphatic heterocycles. The Kier molecular flexibility index (Phi) is 2.52. The molecule has 3 nitrogen and oxygen atoms in total. The summed E-state index contributed by atoms with van der Waals surface area (Å²) >= 11 is 6.19. The minimum atomic E-state index is -0.443. The maximum Gasteiger partial charge on any atom is 0.235 e. The van der Waals surface area contributed by atoms with Crippen molar-refractivity contribution in [2.24, 2.45) is 0 Å². The summed E-state index contributed by atoms with van der Waals surface area (Å²) in [7, 11) is 0. The number of benzene rings is 2. The number of hydrogen-bond acceptors (Lipinski definition) is 1. The quantitative estimate of drug-likeness (QED) is 0.640. The molecule has 1 unspecified atom stereocenters. The van der Waals surface area contributed by atoms with Crippen molar-refractivity contribution in [2.45, 2.75) is 24.7 Å². The van der Waals surface area contributed by atoms with Gasteiger partial charge in [-0.15, -0.1) is 0 Å². The van der Waals surface area contributed by atoms with Crippen molar-refractivity contribution < 1.29 is 4.79 Å². The zero-order chi connectivity index (χ0) is 15.6. The molecule has 0 fully saturated rings. The summed E-state index contributed by atoms with van der Waals surface area (Å²) in [4.78, 5) is 16.3. The Balaban J connectivity index is 1.72. The van der Waals surface area contributed by atoms with Crippen LogP contribution >= 0.6 is 11.6 Å². The predicted octanol–water partition coefficient (Wildman–Crippen LogP) is 4.20. The Morgan fingerprint density at radius 1 is 1.13 bits per heavy atom. The van der Waals surface area contributed by atoms with E-state index in [1.54, 1.807) is 0 Å². The molecule has 4 heteroatoms. The number of rotatable bonds is 0. The predicted molar refractivity (Wildman–Crippen MR) is 92.1 cm³/mol. The van der Waals surface area contributed by atoms with Crippen LogP contribution < -0.4 is 5.32 Å². The molecule has 23 heavy (non-hydrogen) atoms. The zero-order valence-corrected chi connectivity index (χ0v) is 13.2. The van der Waals surface area contributed by atoms with Crippen LogP contribution in [0.4, 0.5) is 5.69 Å². The number of nitrogens with one attached hydrogen (secondary N) is 2. The Bertz CT molecular complexity index is 975. The molecule has 1 aliphatic carbocycles. The number of anilines is 1. The highest BCUT2D eigenvalue weighted by atomic mass is 35.5. The van der Waals surface area contributed by atoms with Gasteiger partial charge in [-0.1, -0.05) is 29.8 Å². The SMILES string of the molecule is O=C1Nc2ccccc2C12CCc1[nH]c3ccc(Cl)cc3c1C2. The highest BCUT2D eigenvalue weighted by Gasteiger charge is 2.48. The van der Waals surface area contributed by atoms with Gasteiger partial charge in [0.05, 0.1) is 5.41 Å². The molecule has 0 bridgehead atoms. The standard InChI is InChI=1S/C19H15ClN2O/c20-11-5-6-15-12(9-11)13-10-19(8-7-16(13)21-15)14-3-1-2-4-17(14)22-18(19)23/h1-6,9,21H,7-8,10H2,(H,22,23). The van der Waals surface area contributed by atoms with Crippen LogP contribution in [0.2, 0.25) is 5.02 Å². The second-order valence-corrected chi connectivity index (χ2v) is 6.97. The number of aromatic nitrogens is 1. The van der Waals surface area contributed by atoms with Gasteiger partial charge in [0.25, 0.3) is 0 Å². The van der Waals surface area contributed by atoms with E-state index in [0.717, 1.165) is 46.4 Å². The topological polar surface area (TPSA) is 44.9 Å². The molecule has 1 aromatic heterocycles. The number of carbonyl (C=O) groups excluding carboxylic acids is 1. The van der Waals surface area contributed by atoms with Gasteiger partial charge in [0.2, 0.25) is 5.91 Å². The Hall–Kier alpha value is -2.26. The average Bonchev–Trinajstić information content (AvgIpc) is 3.04. The minimum Gasteiger partial charge on any atom is -0.358 e. The van der Waals surface area contributed by atoms with E-state index in [9.17, 15) is 4.79 Å². The molecule has 0 radical (unpaired) electrons. The maximum atomic E-state index is 12.8. The number of aryl methyl sites for hydroxylation is 1. The average molecular weight is 323 g/mol. The van der Waals surface area contributed by atoms with Crippen molar-refractivity contribution >= 4 is 34.1 Å². The molecule has 2 heterocycles. The largest absolute Gasteiger partial charge is 0.358 e. The van der Waals surface area contributed by atoms with Gasteiger partial charge in [0.15, 0.2) is 0 Å². The molecule has 2 aliphatic rings. The third-order valence-electron chi connectivity index (χ3n) is 5.36. The van der Waals surface area contributed by atoms with Crippen LogP contribution in [0.25, 0.3) is 10.9 Å². The number of para-hydroxylation sites is 1. The minimum absolute atomic E-state index is 0.126. The van der Waals surface area contributed by atoms with Crippen LogP contribution in [-0.2, 0) is 23.1 Å². The first kappa shape index (κ1) is 13.2. The summed E-state index contributed by atoms with van der Waals surface area (Å²) in [6, 6.07) is 14.0. The third-order valence-corrected chi connectivity index (χ3v) is 5.60. The van der Waals surface area contributed by atoms with E-state index in [1.807, 2.05) is 36.4 Å². The second-order valence-electron chi connectivity index (χ2n) is 6.53. The lowest BCUT2D eigenvalue weighted by molar-refractivity contribution is -0.121. The van der Waals surface area contributed by atoms with Crippen LogP contribution in [0.1, 0.15) is 23.2 Å². The number of fused-ring (bicyclic) bond motifs is 5. The fourth-order valence-corrected chi connectivity index (χ4v) is 4.39. The number of aromatic amines is 1. The zero-order valence-electron chi connectivity index (χ0n) is 12.4. The lowest BCUT2D eigenvalue weighted by atomic mass is 9.69. The van der Waals surface area contributed by atoms with Gasteiger partial charge in [-0.25, -0.2) is 0 Å². The summed E-state index contributed by atoms with van der Waals surface area (Å²) < 4.78 is 0. The van der Waals surface area contributed by atoms with E-state index in [-0.39, 0.29) is 5.91 Å². The van der Waals surface area contributed by atoms with E-state index < -0.39 is 5.41 Å². The van der Waals surface area contributed by atoms with Crippen molar-refractivity contribution in [3.63, 3.8) is 0 Å². The van der Waals surface area contributed by atoms with Crippen molar-refractivity contribution in [3.05, 3.63) is 64.3 Å². The van der Waals surface area contributed by atoms with Gasteiger partial charge in [-0.2, -0.15) is 0 Å². The van der Waals surface area contributed by atoms with Crippen LogP contribution in [0.15, 0.2) is 42.5 Å². The van der Waals surface area contributed by atoms with Crippen molar-refractivity contribution in [2.75, 3.05) is 5.32 Å². The van der Waals surface area contributed by atoms with E-state index in [2.05, 4.69) is 16.4 Å². The first-order chi connectivity index (χ1) is 11.2. The van der Waals surface area contributed by atoms with E-state index in [4.69, 9.17) is 11.6 Å². The molecule has 1 spiro atoms. The first-order valence-electron chi connectivity index (χ1n) is 7.87. The van der Waals surface area contributed by atoms with E-state index in [1.165, 1.54) is 11.3 Å². The number of amides is 1. The Morgan fingerprint density at radius 3 is 2.91 bits per heavy atom.